The topological polar surface area (TPSA) is 113 Å². The predicted molar refractivity (Wildman–Crippen MR) is 54.1 cm³/mol. The Morgan fingerprint density at radius 3 is 2.33 bits per heavy atom. The van der Waals surface area contributed by atoms with Gasteiger partial charge in [-0.2, -0.15) is 0 Å². The Labute approximate surface area is 88.5 Å². The molecule has 6 heteroatoms. The van der Waals surface area contributed by atoms with Crippen LogP contribution in [0.15, 0.2) is 0 Å². The number of nitrogens with one attached hydrogen (secondary N) is 1. The maximum absolute atomic E-state index is 11.6. The minimum atomic E-state index is -1.27. The number of carbonyl (C=O) groups excluding carboxylic acids is 1. The van der Waals surface area contributed by atoms with Crippen molar-refractivity contribution >= 4 is 11.9 Å². The van der Waals surface area contributed by atoms with Gasteiger partial charge in [-0.1, -0.05) is 6.92 Å². The predicted octanol–water partition coefficient (Wildman–Crippen LogP) is -1.08. The van der Waals surface area contributed by atoms with Crippen LogP contribution < -0.4 is 11.1 Å². The molecule has 1 amide bonds. The fourth-order valence-electron chi connectivity index (χ4n) is 0.916. The van der Waals surface area contributed by atoms with Gasteiger partial charge in [0.25, 0.3) is 0 Å². The molecule has 0 saturated carbocycles. The summed E-state index contributed by atoms with van der Waals surface area (Å²) >= 11 is 0. The van der Waals surface area contributed by atoms with Crippen molar-refractivity contribution in [3.05, 3.63) is 0 Å². The molecule has 0 aromatic carbocycles. The molecular formula is C9H18N2O4. The van der Waals surface area contributed by atoms with Gasteiger partial charge in [0.2, 0.25) is 5.91 Å². The summed E-state index contributed by atoms with van der Waals surface area (Å²) in [6, 6.07) is -1.27. The molecule has 0 aliphatic heterocycles. The molecule has 0 rings (SSSR count). The molecular weight excluding hydrogens is 200 g/mol. The summed E-state index contributed by atoms with van der Waals surface area (Å²) in [4.78, 5) is 22.2. The van der Waals surface area contributed by atoms with Crippen molar-refractivity contribution < 1.29 is 19.8 Å². The second-order valence-electron chi connectivity index (χ2n) is 3.67. The Morgan fingerprint density at radius 2 is 2.07 bits per heavy atom. The Balaban J connectivity index is 4.52. The van der Waals surface area contributed by atoms with Crippen molar-refractivity contribution in [1.82, 2.24) is 5.32 Å². The van der Waals surface area contributed by atoms with Crippen molar-refractivity contribution in [1.29, 1.82) is 0 Å². The summed E-state index contributed by atoms with van der Waals surface area (Å²) in [7, 11) is 0. The molecule has 6 nitrogen and oxygen atoms in total. The number of amides is 1. The summed E-state index contributed by atoms with van der Waals surface area (Å²) in [5, 5.41) is 19.6. The normalized spacial score (nSPS) is 16.5. The van der Waals surface area contributed by atoms with Crippen molar-refractivity contribution in [2.75, 3.05) is 13.2 Å². The van der Waals surface area contributed by atoms with E-state index in [1.165, 1.54) is 0 Å². The Kier molecular flexibility index (Phi) is 5.24. The average Bonchev–Trinajstić information content (AvgIpc) is 2.23. The fraction of sp³-hybridized carbons (Fsp3) is 0.778. The first-order valence-corrected chi connectivity index (χ1v) is 4.76. The third-order valence-corrected chi connectivity index (χ3v) is 2.57. The van der Waals surface area contributed by atoms with Crippen molar-refractivity contribution in [2.45, 2.75) is 26.3 Å². The monoisotopic (exact) mass is 218 g/mol. The summed E-state index contributed by atoms with van der Waals surface area (Å²) in [6.07, 6.45) is 0.507. The van der Waals surface area contributed by atoms with Crippen LogP contribution in [-0.4, -0.2) is 41.3 Å². The average molecular weight is 218 g/mol. The second-order valence-corrected chi connectivity index (χ2v) is 3.67. The molecule has 88 valence electrons. The zero-order chi connectivity index (χ0) is 12.1. The van der Waals surface area contributed by atoms with Crippen LogP contribution in [0.25, 0.3) is 0 Å². The molecule has 0 heterocycles. The van der Waals surface area contributed by atoms with E-state index >= 15 is 0 Å². The number of carboxylic acid groups (broad SMARTS) is 1. The molecule has 5 N–H and O–H groups in total. The Morgan fingerprint density at radius 1 is 1.53 bits per heavy atom. The number of nitrogens with two attached hydrogens (primary N) is 1. The molecule has 0 aromatic heterocycles. The van der Waals surface area contributed by atoms with E-state index in [1.54, 1.807) is 13.8 Å². The highest BCUT2D eigenvalue weighted by atomic mass is 16.4. The highest BCUT2D eigenvalue weighted by molar-refractivity contribution is 5.87. The van der Waals surface area contributed by atoms with Crippen LogP contribution in [0.4, 0.5) is 0 Å². The molecule has 15 heavy (non-hydrogen) atoms. The Bertz CT molecular complexity index is 238. The molecule has 2 atom stereocenters. The van der Waals surface area contributed by atoms with E-state index in [4.69, 9.17) is 15.9 Å². The van der Waals surface area contributed by atoms with Crippen LogP contribution in [-0.2, 0) is 9.59 Å². The lowest BCUT2D eigenvalue weighted by Crippen LogP contribution is -2.51. The number of carbonyl (C=O) groups is 2. The third kappa shape index (κ3) is 3.49. The van der Waals surface area contributed by atoms with E-state index in [0.29, 0.717) is 6.42 Å². The van der Waals surface area contributed by atoms with Gasteiger partial charge in [-0.3, -0.25) is 4.79 Å². The molecule has 0 bridgehead atoms. The van der Waals surface area contributed by atoms with Crippen LogP contribution >= 0.6 is 0 Å². The summed E-state index contributed by atoms with van der Waals surface area (Å²) in [6.45, 7) is 2.94. The molecule has 0 saturated heterocycles. The molecule has 0 aliphatic rings. The zero-order valence-electron chi connectivity index (χ0n) is 8.99. The van der Waals surface area contributed by atoms with Crippen LogP contribution in [0.3, 0.4) is 0 Å². The standard InChI is InChI=1S/C9H18N2O4/c1-3-9(2,5-10)8(15)11-6(4-12)7(13)14/h6,12H,3-5,10H2,1-2H3,(H,11,15)(H,13,14)/t6-,9?/m0/s1. The van der Waals surface area contributed by atoms with Gasteiger partial charge < -0.3 is 21.3 Å². The highest BCUT2D eigenvalue weighted by Crippen LogP contribution is 2.19. The lowest BCUT2D eigenvalue weighted by Gasteiger charge is -2.26. The van der Waals surface area contributed by atoms with Crippen molar-refractivity contribution in [3.63, 3.8) is 0 Å². The van der Waals surface area contributed by atoms with E-state index in [-0.39, 0.29) is 6.54 Å². The minimum absolute atomic E-state index is 0.132. The summed E-state index contributed by atoms with van der Waals surface area (Å²) in [5.74, 6) is -1.71. The maximum atomic E-state index is 11.6. The molecule has 0 aliphatic carbocycles. The quantitative estimate of drug-likeness (QED) is 0.453. The van der Waals surface area contributed by atoms with E-state index in [2.05, 4.69) is 5.32 Å². The molecule has 0 aromatic rings. The zero-order valence-corrected chi connectivity index (χ0v) is 8.99. The highest BCUT2D eigenvalue weighted by Gasteiger charge is 2.32. The molecule has 1 unspecified atom stereocenters. The number of aliphatic hydroxyl groups is 1. The molecule has 0 spiro atoms. The van der Waals surface area contributed by atoms with Gasteiger partial charge in [-0.15, -0.1) is 0 Å². The lowest BCUT2D eigenvalue weighted by molar-refractivity contribution is -0.144. The van der Waals surface area contributed by atoms with Gasteiger partial charge in [-0.25, -0.2) is 4.79 Å². The maximum Gasteiger partial charge on any atom is 0.328 e. The van der Waals surface area contributed by atoms with Gasteiger partial charge in [0, 0.05) is 6.54 Å². The van der Waals surface area contributed by atoms with Crippen LogP contribution in [0.1, 0.15) is 20.3 Å². The van der Waals surface area contributed by atoms with Crippen LogP contribution in [0.5, 0.6) is 0 Å². The first-order valence-electron chi connectivity index (χ1n) is 4.76. The number of hydrogen-bond acceptors (Lipinski definition) is 4. The van der Waals surface area contributed by atoms with Gasteiger partial charge in [-0.05, 0) is 13.3 Å². The van der Waals surface area contributed by atoms with E-state index < -0.39 is 29.9 Å². The van der Waals surface area contributed by atoms with E-state index in [9.17, 15) is 9.59 Å². The Hall–Kier alpha value is -1.14. The first-order chi connectivity index (χ1) is 6.91. The fourth-order valence-corrected chi connectivity index (χ4v) is 0.916. The number of aliphatic carboxylic acids is 1. The van der Waals surface area contributed by atoms with Crippen LogP contribution in [0.2, 0.25) is 0 Å². The molecule has 0 radical (unpaired) electrons. The van der Waals surface area contributed by atoms with E-state index in [0.717, 1.165) is 0 Å². The van der Waals surface area contributed by atoms with Gasteiger partial charge in [0.15, 0.2) is 0 Å². The first kappa shape index (κ1) is 13.9. The number of aliphatic hydroxyl groups excluding tert-OH is 1. The molecule has 0 fully saturated rings. The van der Waals surface area contributed by atoms with Crippen molar-refractivity contribution in [2.24, 2.45) is 11.1 Å². The SMILES string of the molecule is CCC(C)(CN)C(=O)N[C@@H](CO)C(=O)O. The smallest absolute Gasteiger partial charge is 0.328 e. The van der Waals surface area contributed by atoms with Gasteiger partial charge in [0.05, 0.1) is 12.0 Å². The lowest BCUT2D eigenvalue weighted by atomic mass is 9.86. The summed E-state index contributed by atoms with van der Waals surface area (Å²) in [5.41, 5.74) is 4.65. The minimum Gasteiger partial charge on any atom is -0.480 e. The summed E-state index contributed by atoms with van der Waals surface area (Å²) < 4.78 is 0. The van der Waals surface area contributed by atoms with E-state index in [1.807, 2.05) is 0 Å². The van der Waals surface area contributed by atoms with Crippen molar-refractivity contribution in [3.8, 4) is 0 Å². The number of hydrogen-bond donors (Lipinski definition) is 4. The van der Waals surface area contributed by atoms with Crippen LogP contribution in [0, 0.1) is 5.41 Å². The number of rotatable bonds is 6. The largest absolute Gasteiger partial charge is 0.480 e. The third-order valence-electron chi connectivity index (χ3n) is 2.57. The number of carboxylic acids is 1. The van der Waals surface area contributed by atoms with Gasteiger partial charge >= 0.3 is 5.97 Å². The second kappa shape index (κ2) is 5.67. The van der Waals surface area contributed by atoms with Gasteiger partial charge in [0.1, 0.15) is 6.04 Å².